The molecule has 0 saturated heterocycles. The number of rotatable bonds is 6. The van der Waals surface area contributed by atoms with Crippen LogP contribution >= 0.6 is 15.9 Å². The Bertz CT molecular complexity index is 449. The van der Waals surface area contributed by atoms with E-state index in [-0.39, 0.29) is 18.2 Å². The highest BCUT2D eigenvalue weighted by atomic mass is 79.9. The third-order valence-corrected chi connectivity index (χ3v) is 2.96. The summed E-state index contributed by atoms with van der Waals surface area (Å²) >= 11 is 3.26. The normalized spacial score (nSPS) is 10.3. The van der Waals surface area contributed by atoms with Crippen LogP contribution in [0.15, 0.2) is 22.8 Å². The number of halogens is 1. The van der Waals surface area contributed by atoms with Gasteiger partial charge in [-0.15, -0.1) is 0 Å². The molecule has 1 rings (SSSR count). The summed E-state index contributed by atoms with van der Waals surface area (Å²) in [6.07, 6.45) is 1.82. The Labute approximate surface area is 121 Å². The highest BCUT2D eigenvalue weighted by Gasteiger charge is 2.11. The largest absolute Gasteiger partial charge is 0.356 e. The van der Waals surface area contributed by atoms with Crippen LogP contribution in [0.25, 0.3) is 0 Å². The van der Waals surface area contributed by atoms with Crippen molar-refractivity contribution in [3.05, 3.63) is 28.5 Å². The van der Waals surface area contributed by atoms with Gasteiger partial charge in [0, 0.05) is 30.2 Å². The van der Waals surface area contributed by atoms with Crippen LogP contribution in [-0.4, -0.2) is 29.9 Å². The van der Waals surface area contributed by atoms with E-state index in [1.165, 1.54) is 0 Å². The maximum absolute atomic E-state index is 11.8. The molecule has 0 aliphatic carbocycles. The molecule has 5 nitrogen and oxygen atoms in total. The number of hydrogen-bond acceptors (Lipinski definition) is 3. The predicted molar refractivity (Wildman–Crippen MR) is 76.7 cm³/mol. The first-order valence-electron chi connectivity index (χ1n) is 6.16. The molecule has 0 bridgehead atoms. The van der Waals surface area contributed by atoms with Crippen LogP contribution in [0.5, 0.6) is 0 Å². The lowest BCUT2D eigenvalue weighted by Crippen LogP contribution is -2.32. The monoisotopic (exact) mass is 327 g/mol. The second-order valence-electron chi connectivity index (χ2n) is 4.54. The minimum atomic E-state index is -0.288. The van der Waals surface area contributed by atoms with E-state index >= 15 is 0 Å². The number of pyridine rings is 1. The third-order valence-electron chi connectivity index (χ3n) is 2.32. The molecule has 0 atom stereocenters. The van der Waals surface area contributed by atoms with Crippen LogP contribution in [-0.2, 0) is 4.79 Å². The second kappa shape index (κ2) is 7.89. The standard InChI is InChI=1S/C13H18BrN3O2/c1-9(2)8-17-11(18)5-7-16-13(19)12-10(14)4-3-6-15-12/h3-4,6,9H,5,7-8H2,1-2H3,(H,16,19)(H,17,18). The highest BCUT2D eigenvalue weighted by Crippen LogP contribution is 2.12. The van der Waals surface area contributed by atoms with E-state index in [1.54, 1.807) is 18.3 Å². The lowest BCUT2D eigenvalue weighted by molar-refractivity contribution is -0.121. The molecular formula is C13H18BrN3O2. The van der Waals surface area contributed by atoms with E-state index in [2.05, 4.69) is 31.5 Å². The number of nitrogens with zero attached hydrogens (tertiary/aromatic N) is 1. The van der Waals surface area contributed by atoms with Crippen LogP contribution in [0.3, 0.4) is 0 Å². The number of nitrogens with one attached hydrogen (secondary N) is 2. The van der Waals surface area contributed by atoms with E-state index in [0.717, 1.165) is 0 Å². The molecule has 104 valence electrons. The van der Waals surface area contributed by atoms with Gasteiger partial charge in [0.25, 0.3) is 5.91 Å². The smallest absolute Gasteiger partial charge is 0.271 e. The van der Waals surface area contributed by atoms with Crippen molar-refractivity contribution in [1.82, 2.24) is 15.6 Å². The van der Waals surface area contributed by atoms with Gasteiger partial charge in [0.05, 0.1) is 0 Å². The van der Waals surface area contributed by atoms with Crippen molar-refractivity contribution in [3.8, 4) is 0 Å². The van der Waals surface area contributed by atoms with E-state index in [0.29, 0.717) is 29.2 Å². The number of amides is 2. The van der Waals surface area contributed by atoms with Crippen molar-refractivity contribution in [2.24, 2.45) is 5.92 Å². The molecule has 0 radical (unpaired) electrons. The molecule has 1 heterocycles. The first kappa shape index (κ1) is 15.6. The summed E-state index contributed by atoms with van der Waals surface area (Å²) in [6, 6.07) is 3.48. The van der Waals surface area contributed by atoms with Crippen LogP contribution < -0.4 is 10.6 Å². The average molecular weight is 328 g/mol. The summed E-state index contributed by atoms with van der Waals surface area (Å²) in [4.78, 5) is 27.2. The van der Waals surface area contributed by atoms with Crippen molar-refractivity contribution in [1.29, 1.82) is 0 Å². The molecule has 0 spiro atoms. The van der Waals surface area contributed by atoms with Gasteiger partial charge in [-0.3, -0.25) is 9.59 Å². The van der Waals surface area contributed by atoms with Crippen LogP contribution in [0.2, 0.25) is 0 Å². The topological polar surface area (TPSA) is 71.1 Å². The van der Waals surface area contributed by atoms with Gasteiger partial charge >= 0.3 is 0 Å². The SMILES string of the molecule is CC(C)CNC(=O)CCNC(=O)c1ncccc1Br. The molecular weight excluding hydrogens is 310 g/mol. The first-order valence-corrected chi connectivity index (χ1v) is 6.95. The fourth-order valence-electron chi connectivity index (χ4n) is 1.33. The van der Waals surface area contributed by atoms with Crippen molar-refractivity contribution >= 4 is 27.7 Å². The summed E-state index contributed by atoms with van der Waals surface area (Å²) in [5, 5.41) is 5.46. The Balaban J connectivity index is 2.32. The highest BCUT2D eigenvalue weighted by molar-refractivity contribution is 9.10. The summed E-state index contributed by atoms with van der Waals surface area (Å²) in [6.45, 7) is 5.01. The van der Waals surface area contributed by atoms with Gasteiger partial charge in [0.2, 0.25) is 5.91 Å². The fourth-order valence-corrected chi connectivity index (χ4v) is 1.77. The summed E-state index contributed by atoms with van der Waals surface area (Å²) in [5.74, 6) is 0.0706. The van der Waals surface area contributed by atoms with Gasteiger partial charge in [0.1, 0.15) is 5.69 Å². The predicted octanol–water partition coefficient (Wildman–Crippen LogP) is 1.74. The Morgan fingerprint density at radius 1 is 1.37 bits per heavy atom. The summed E-state index contributed by atoms with van der Waals surface area (Å²) in [7, 11) is 0. The van der Waals surface area contributed by atoms with Gasteiger partial charge in [-0.05, 0) is 34.0 Å². The van der Waals surface area contributed by atoms with Gasteiger partial charge in [-0.25, -0.2) is 4.98 Å². The Morgan fingerprint density at radius 2 is 2.11 bits per heavy atom. The van der Waals surface area contributed by atoms with Crippen LogP contribution in [0.4, 0.5) is 0 Å². The molecule has 0 aromatic carbocycles. The van der Waals surface area contributed by atoms with E-state index in [4.69, 9.17) is 0 Å². The molecule has 0 aliphatic rings. The molecule has 19 heavy (non-hydrogen) atoms. The fraction of sp³-hybridized carbons (Fsp3) is 0.462. The maximum atomic E-state index is 11.8. The number of hydrogen-bond donors (Lipinski definition) is 2. The molecule has 0 fully saturated rings. The number of aromatic nitrogens is 1. The zero-order valence-corrected chi connectivity index (χ0v) is 12.7. The number of carbonyl (C=O) groups is 2. The molecule has 1 aromatic heterocycles. The van der Waals surface area contributed by atoms with Gasteiger partial charge in [-0.2, -0.15) is 0 Å². The molecule has 2 amide bonds. The van der Waals surface area contributed by atoms with Gasteiger partial charge in [0.15, 0.2) is 0 Å². The Morgan fingerprint density at radius 3 is 2.74 bits per heavy atom. The second-order valence-corrected chi connectivity index (χ2v) is 5.39. The third kappa shape index (κ3) is 5.83. The summed E-state index contributed by atoms with van der Waals surface area (Å²) in [5.41, 5.74) is 0.324. The minimum absolute atomic E-state index is 0.0610. The van der Waals surface area contributed by atoms with Crippen LogP contribution in [0, 0.1) is 5.92 Å². The van der Waals surface area contributed by atoms with E-state index in [9.17, 15) is 9.59 Å². The van der Waals surface area contributed by atoms with Gasteiger partial charge in [-0.1, -0.05) is 13.8 Å². The molecule has 0 aliphatic heterocycles. The first-order chi connectivity index (χ1) is 9.00. The van der Waals surface area contributed by atoms with Gasteiger partial charge < -0.3 is 10.6 Å². The molecule has 0 unspecified atom stereocenters. The minimum Gasteiger partial charge on any atom is -0.356 e. The zero-order chi connectivity index (χ0) is 14.3. The molecule has 6 heteroatoms. The Hall–Kier alpha value is -1.43. The summed E-state index contributed by atoms with van der Waals surface area (Å²) < 4.78 is 0.636. The zero-order valence-electron chi connectivity index (χ0n) is 11.1. The van der Waals surface area contributed by atoms with Crippen molar-refractivity contribution in [2.45, 2.75) is 20.3 Å². The quantitative estimate of drug-likeness (QED) is 0.836. The lowest BCUT2D eigenvalue weighted by Gasteiger charge is -2.08. The molecule has 1 aromatic rings. The van der Waals surface area contributed by atoms with Crippen molar-refractivity contribution < 1.29 is 9.59 Å². The van der Waals surface area contributed by atoms with Crippen molar-refractivity contribution in [3.63, 3.8) is 0 Å². The van der Waals surface area contributed by atoms with E-state index < -0.39 is 0 Å². The van der Waals surface area contributed by atoms with Crippen molar-refractivity contribution in [2.75, 3.05) is 13.1 Å². The lowest BCUT2D eigenvalue weighted by atomic mass is 10.2. The van der Waals surface area contributed by atoms with E-state index in [1.807, 2.05) is 13.8 Å². The maximum Gasteiger partial charge on any atom is 0.271 e. The number of carbonyl (C=O) groups excluding carboxylic acids is 2. The molecule has 0 saturated carbocycles. The van der Waals surface area contributed by atoms with Crippen LogP contribution in [0.1, 0.15) is 30.8 Å². The molecule has 2 N–H and O–H groups in total. The average Bonchev–Trinajstić information content (AvgIpc) is 2.36. The Kier molecular flexibility index (Phi) is 6.49.